The molecule has 1 saturated carbocycles. The number of ether oxygens (including phenoxy) is 1. The summed E-state index contributed by atoms with van der Waals surface area (Å²) in [5, 5.41) is 5.17. The van der Waals surface area contributed by atoms with Gasteiger partial charge in [0.05, 0.1) is 12.0 Å². The number of aryl methyl sites for hydroxylation is 1. The van der Waals surface area contributed by atoms with Crippen molar-refractivity contribution in [2.75, 3.05) is 7.11 Å². The first-order chi connectivity index (χ1) is 16.6. The van der Waals surface area contributed by atoms with Gasteiger partial charge in [0, 0.05) is 12.6 Å². The van der Waals surface area contributed by atoms with Crippen molar-refractivity contribution >= 4 is 23.2 Å². The minimum atomic E-state index is -0.722. The number of methoxy groups -OCH3 is 1. The van der Waals surface area contributed by atoms with Gasteiger partial charge in [-0.3, -0.25) is 9.59 Å². The third-order valence-corrected chi connectivity index (χ3v) is 7.36. The maximum Gasteiger partial charge on any atom is 0.265 e. The Kier molecular flexibility index (Phi) is 8.01. The van der Waals surface area contributed by atoms with Gasteiger partial charge in [-0.2, -0.15) is 0 Å². The molecule has 1 unspecified atom stereocenters. The van der Waals surface area contributed by atoms with E-state index in [2.05, 4.69) is 5.32 Å². The molecule has 1 N–H and O–H groups in total. The van der Waals surface area contributed by atoms with E-state index in [9.17, 15) is 9.59 Å². The number of hydrogen-bond donors (Lipinski definition) is 1. The maximum absolute atomic E-state index is 13.8. The van der Waals surface area contributed by atoms with Gasteiger partial charge in [-0.05, 0) is 60.0 Å². The predicted octanol–water partition coefficient (Wildman–Crippen LogP) is 5.90. The second kappa shape index (κ2) is 11.3. The van der Waals surface area contributed by atoms with Crippen molar-refractivity contribution in [2.24, 2.45) is 0 Å². The SMILES string of the molecule is COc1ccc(CN(C(=O)c2cccs2)C(C(=O)NC2CCCCC2)c2ccccc2C)cc1. The minimum Gasteiger partial charge on any atom is -0.497 e. The van der Waals surface area contributed by atoms with Gasteiger partial charge >= 0.3 is 0 Å². The van der Waals surface area contributed by atoms with E-state index >= 15 is 0 Å². The molecule has 3 aromatic rings. The molecular formula is C28H32N2O3S. The third-order valence-electron chi connectivity index (χ3n) is 6.50. The normalized spacial score (nSPS) is 14.9. The van der Waals surface area contributed by atoms with Gasteiger partial charge in [-0.1, -0.05) is 61.7 Å². The lowest BCUT2D eigenvalue weighted by molar-refractivity contribution is -0.127. The fourth-order valence-electron chi connectivity index (χ4n) is 4.62. The van der Waals surface area contributed by atoms with Crippen LogP contribution < -0.4 is 10.1 Å². The molecule has 34 heavy (non-hydrogen) atoms. The highest BCUT2D eigenvalue weighted by atomic mass is 32.1. The van der Waals surface area contributed by atoms with Crippen LogP contribution in [0.3, 0.4) is 0 Å². The summed E-state index contributed by atoms with van der Waals surface area (Å²) in [4.78, 5) is 30.0. The van der Waals surface area contributed by atoms with Crippen LogP contribution in [0, 0.1) is 6.92 Å². The molecule has 0 bridgehead atoms. The smallest absolute Gasteiger partial charge is 0.265 e. The number of carbonyl (C=O) groups excluding carboxylic acids is 2. The van der Waals surface area contributed by atoms with E-state index in [0.717, 1.165) is 48.1 Å². The van der Waals surface area contributed by atoms with E-state index in [1.165, 1.54) is 17.8 Å². The van der Waals surface area contributed by atoms with E-state index < -0.39 is 6.04 Å². The summed E-state index contributed by atoms with van der Waals surface area (Å²) in [7, 11) is 1.63. The minimum absolute atomic E-state index is 0.111. The van der Waals surface area contributed by atoms with Gasteiger partial charge < -0.3 is 15.0 Å². The van der Waals surface area contributed by atoms with Crippen molar-refractivity contribution in [3.05, 3.63) is 87.6 Å². The monoisotopic (exact) mass is 476 g/mol. The largest absolute Gasteiger partial charge is 0.497 e. The first-order valence-electron chi connectivity index (χ1n) is 11.9. The zero-order chi connectivity index (χ0) is 23.9. The molecule has 1 heterocycles. The molecule has 1 aliphatic carbocycles. The number of nitrogens with one attached hydrogen (secondary N) is 1. The Morgan fingerprint density at radius 1 is 1.03 bits per heavy atom. The number of thiophene rings is 1. The second-order valence-corrected chi connectivity index (χ2v) is 9.81. The van der Waals surface area contributed by atoms with Gasteiger partial charge in [0.25, 0.3) is 5.91 Å². The van der Waals surface area contributed by atoms with Crippen LogP contribution in [-0.4, -0.2) is 29.9 Å². The molecule has 1 fully saturated rings. The molecule has 0 spiro atoms. The van der Waals surface area contributed by atoms with Crippen LogP contribution in [0.5, 0.6) is 5.75 Å². The summed E-state index contributed by atoms with van der Waals surface area (Å²) in [6.07, 6.45) is 5.45. The molecule has 1 aromatic heterocycles. The topological polar surface area (TPSA) is 58.6 Å². The molecule has 0 aliphatic heterocycles. The van der Waals surface area contributed by atoms with E-state index in [-0.39, 0.29) is 17.9 Å². The highest BCUT2D eigenvalue weighted by Crippen LogP contribution is 2.30. The van der Waals surface area contributed by atoms with E-state index in [1.54, 1.807) is 12.0 Å². The number of rotatable bonds is 8. The number of carbonyl (C=O) groups is 2. The predicted molar refractivity (Wildman–Crippen MR) is 136 cm³/mol. The number of benzene rings is 2. The number of amides is 2. The van der Waals surface area contributed by atoms with Crippen molar-refractivity contribution in [3.63, 3.8) is 0 Å². The summed E-state index contributed by atoms with van der Waals surface area (Å²) in [6, 6.07) is 18.6. The van der Waals surface area contributed by atoms with Crippen LogP contribution in [0.2, 0.25) is 0 Å². The average Bonchev–Trinajstić information content (AvgIpc) is 3.40. The summed E-state index contributed by atoms with van der Waals surface area (Å²) in [5.74, 6) is 0.503. The fourth-order valence-corrected chi connectivity index (χ4v) is 5.30. The second-order valence-electron chi connectivity index (χ2n) is 8.86. The number of hydrogen-bond acceptors (Lipinski definition) is 4. The van der Waals surface area contributed by atoms with Crippen LogP contribution in [0.25, 0.3) is 0 Å². The Bertz CT molecular complexity index is 1090. The molecule has 6 heteroatoms. The molecule has 1 atom stereocenters. The van der Waals surface area contributed by atoms with Gasteiger partial charge in [-0.15, -0.1) is 11.3 Å². The Morgan fingerprint density at radius 3 is 2.41 bits per heavy atom. The maximum atomic E-state index is 13.8. The molecule has 0 saturated heterocycles. The number of nitrogens with zero attached hydrogens (tertiary/aromatic N) is 1. The molecular weight excluding hydrogens is 444 g/mol. The van der Waals surface area contributed by atoms with E-state index in [4.69, 9.17) is 4.74 Å². The van der Waals surface area contributed by atoms with Crippen LogP contribution in [0.15, 0.2) is 66.0 Å². The first-order valence-corrected chi connectivity index (χ1v) is 12.8. The van der Waals surface area contributed by atoms with Crippen LogP contribution in [0.4, 0.5) is 0 Å². The lowest BCUT2D eigenvalue weighted by Gasteiger charge is -2.34. The molecule has 2 aromatic carbocycles. The van der Waals surface area contributed by atoms with Crippen LogP contribution in [-0.2, 0) is 11.3 Å². The van der Waals surface area contributed by atoms with Crippen molar-refractivity contribution in [1.29, 1.82) is 0 Å². The standard InChI is InChI=1S/C28H32N2O3S/c1-20-9-6-7-12-24(20)26(27(31)29-22-10-4-3-5-11-22)30(28(32)25-13-8-18-34-25)19-21-14-16-23(33-2)17-15-21/h6-9,12-18,22,26H,3-5,10-11,19H2,1-2H3,(H,29,31). The van der Waals surface area contributed by atoms with Crippen LogP contribution in [0.1, 0.15) is 64.5 Å². The summed E-state index contributed by atoms with van der Waals surface area (Å²) in [6.45, 7) is 2.31. The zero-order valence-corrected chi connectivity index (χ0v) is 20.6. The third kappa shape index (κ3) is 5.68. The van der Waals surface area contributed by atoms with Crippen LogP contribution >= 0.6 is 11.3 Å². The van der Waals surface area contributed by atoms with Gasteiger partial charge in [0.2, 0.25) is 5.91 Å². The highest BCUT2D eigenvalue weighted by Gasteiger charge is 2.34. The molecule has 4 rings (SSSR count). The molecule has 178 valence electrons. The average molecular weight is 477 g/mol. The molecule has 0 radical (unpaired) electrons. The van der Waals surface area contributed by atoms with E-state index in [1.807, 2.05) is 73.0 Å². The molecule has 2 amide bonds. The Labute approximate surface area is 205 Å². The summed E-state index contributed by atoms with van der Waals surface area (Å²) < 4.78 is 5.29. The lowest BCUT2D eigenvalue weighted by Crippen LogP contribution is -2.47. The summed E-state index contributed by atoms with van der Waals surface area (Å²) in [5.41, 5.74) is 2.79. The quantitative estimate of drug-likeness (QED) is 0.440. The van der Waals surface area contributed by atoms with E-state index in [0.29, 0.717) is 11.4 Å². The molecule has 5 nitrogen and oxygen atoms in total. The Balaban J connectivity index is 1.73. The fraction of sp³-hybridized carbons (Fsp3) is 0.357. The Hall–Kier alpha value is -3.12. The van der Waals surface area contributed by atoms with Crippen molar-refractivity contribution in [1.82, 2.24) is 10.2 Å². The summed E-state index contributed by atoms with van der Waals surface area (Å²) >= 11 is 1.40. The van der Waals surface area contributed by atoms with Crippen molar-refractivity contribution in [3.8, 4) is 5.75 Å². The Morgan fingerprint density at radius 2 is 1.76 bits per heavy atom. The van der Waals surface area contributed by atoms with Gasteiger partial charge in [-0.25, -0.2) is 0 Å². The zero-order valence-electron chi connectivity index (χ0n) is 19.8. The molecule has 1 aliphatic rings. The van der Waals surface area contributed by atoms with Gasteiger partial charge in [0.15, 0.2) is 0 Å². The van der Waals surface area contributed by atoms with Crippen molar-refractivity contribution in [2.45, 2.75) is 57.7 Å². The first kappa shape index (κ1) is 24.0. The highest BCUT2D eigenvalue weighted by molar-refractivity contribution is 7.12. The van der Waals surface area contributed by atoms with Crippen molar-refractivity contribution < 1.29 is 14.3 Å². The van der Waals surface area contributed by atoms with Gasteiger partial charge in [0.1, 0.15) is 11.8 Å². The lowest BCUT2D eigenvalue weighted by atomic mass is 9.93.